The molecule has 1 radical (unpaired) electrons. The van der Waals surface area contributed by atoms with E-state index in [4.69, 9.17) is 5.26 Å². The molecule has 8 heavy (non-hydrogen) atoms. The largest absolute Gasteiger partial charge is 0.192 e. The van der Waals surface area contributed by atoms with Crippen molar-refractivity contribution in [1.82, 2.24) is 0 Å². The third-order valence-electron chi connectivity index (χ3n) is 0.847. The van der Waals surface area contributed by atoms with Gasteiger partial charge in [-0.2, -0.15) is 5.26 Å². The number of hydrogen-bond donors (Lipinski definition) is 0. The fraction of sp³-hybridized carbons (Fsp3) is 0. The van der Waals surface area contributed by atoms with Crippen molar-refractivity contribution in [2.45, 2.75) is 0 Å². The van der Waals surface area contributed by atoms with Crippen LogP contribution >= 0.6 is 0 Å². The maximum Gasteiger partial charge on any atom is 0.0991 e. The Kier molecular flexibility index (Phi) is 1.29. The summed E-state index contributed by atoms with van der Waals surface area (Å²) in [4.78, 5) is 0. The molecular formula is C7H4N. The SMILES string of the molecule is N#Cc1cc[c]cc1. The van der Waals surface area contributed by atoms with Gasteiger partial charge in [-0.05, 0) is 18.2 Å². The van der Waals surface area contributed by atoms with Crippen LogP contribution in [0.15, 0.2) is 24.3 Å². The van der Waals surface area contributed by atoms with E-state index in [1.807, 2.05) is 6.07 Å². The molecule has 1 rings (SSSR count). The maximum absolute atomic E-state index is 8.27. The van der Waals surface area contributed by atoms with Crippen LogP contribution in [0.25, 0.3) is 0 Å². The van der Waals surface area contributed by atoms with Gasteiger partial charge in [-0.15, -0.1) is 0 Å². The highest BCUT2D eigenvalue weighted by Gasteiger charge is 1.79. The van der Waals surface area contributed by atoms with E-state index in [9.17, 15) is 0 Å². The number of benzene rings is 1. The lowest BCUT2D eigenvalue weighted by Gasteiger charge is -1.79. The second-order valence-electron chi connectivity index (χ2n) is 1.40. The van der Waals surface area contributed by atoms with Crippen LogP contribution in [-0.4, -0.2) is 0 Å². The van der Waals surface area contributed by atoms with E-state index in [2.05, 4.69) is 6.07 Å². The quantitative estimate of drug-likeness (QED) is 0.485. The molecule has 0 atom stereocenters. The number of hydrogen-bond acceptors (Lipinski definition) is 1. The molecule has 1 heteroatoms. The summed E-state index contributed by atoms with van der Waals surface area (Å²) in [5.74, 6) is 0. The molecule has 0 aliphatic rings. The Morgan fingerprint density at radius 3 is 2.38 bits per heavy atom. The van der Waals surface area contributed by atoms with Gasteiger partial charge in [-0.1, -0.05) is 12.1 Å². The highest BCUT2D eigenvalue weighted by molar-refractivity contribution is 5.26. The zero-order valence-electron chi connectivity index (χ0n) is 4.26. The fourth-order valence-corrected chi connectivity index (χ4v) is 0.461. The summed E-state index contributed by atoms with van der Waals surface area (Å²) in [5.41, 5.74) is 0.684. The van der Waals surface area contributed by atoms with E-state index >= 15 is 0 Å². The first-order valence-corrected chi connectivity index (χ1v) is 2.29. The molecular weight excluding hydrogens is 98.1 g/mol. The van der Waals surface area contributed by atoms with Crippen LogP contribution in [0.1, 0.15) is 5.56 Å². The van der Waals surface area contributed by atoms with Gasteiger partial charge in [0.05, 0.1) is 11.6 Å². The van der Waals surface area contributed by atoms with Crippen LogP contribution in [0.3, 0.4) is 0 Å². The van der Waals surface area contributed by atoms with E-state index in [0.29, 0.717) is 5.56 Å². The van der Waals surface area contributed by atoms with Crippen molar-refractivity contribution in [3.8, 4) is 6.07 Å². The molecule has 0 aromatic heterocycles. The summed E-state index contributed by atoms with van der Waals surface area (Å²) in [7, 11) is 0. The number of nitriles is 1. The van der Waals surface area contributed by atoms with Crippen molar-refractivity contribution in [2.24, 2.45) is 0 Å². The molecule has 0 aliphatic carbocycles. The Morgan fingerprint density at radius 1 is 1.38 bits per heavy atom. The lowest BCUT2D eigenvalue weighted by Crippen LogP contribution is -1.66. The van der Waals surface area contributed by atoms with Crippen molar-refractivity contribution in [3.63, 3.8) is 0 Å². The van der Waals surface area contributed by atoms with Gasteiger partial charge in [0.25, 0.3) is 0 Å². The molecule has 0 fully saturated rings. The Balaban J connectivity index is 3.05. The Morgan fingerprint density at radius 2 is 2.00 bits per heavy atom. The predicted octanol–water partition coefficient (Wildman–Crippen LogP) is 1.36. The molecule has 0 saturated carbocycles. The lowest BCUT2D eigenvalue weighted by molar-refractivity contribution is 1.48. The van der Waals surface area contributed by atoms with Crippen molar-refractivity contribution < 1.29 is 0 Å². The van der Waals surface area contributed by atoms with Crippen LogP contribution in [0.2, 0.25) is 0 Å². The zero-order chi connectivity index (χ0) is 5.82. The first kappa shape index (κ1) is 4.86. The highest BCUT2D eigenvalue weighted by atomic mass is 14.2. The zero-order valence-corrected chi connectivity index (χ0v) is 4.26. The maximum atomic E-state index is 8.27. The van der Waals surface area contributed by atoms with Crippen molar-refractivity contribution in [3.05, 3.63) is 35.9 Å². The molecule has 0 heterocycles. The van der Waals surface area contributed by atoms with Gasteiger partial charge < -0.3 is 0 Å². The molecule has 0 saturated heterocycles. The average Bonchev–Trinajstić information content (AvgIpc) is 1.90. The van der Waals surface area contributed by atoms with Crippen molar-refractivity contribution >= 4 is 0 Å². The summed E-state index contributed by atoms with van der Waals surface area (Å²) >= 11 is 0. The van der Waals surface area contributed by atoms with E-state index < -0.39 is 0 Å². The molecule has 1 nitrogen and oxygen atoms in total. The first-order chi connectivity index (χ1) is 3.93. The predicted molar refractivity (Wildman–Crippen MR) is 30.0 cm³/mol. The van der Waals surface area contributed by atoms with Gasteiger partial charge in [0.1, 0.15) is 0 Å². The molecule has 1 aromatic carbocycles. The second kappa shape index (κ2) is 2.13. The van der Waals surface area contributed by atoms with Crippen LogP contribution in [0, 0.1) is 17.4 Å². The Labute approximate surface area is 48.2 Å². The second-order valence-corrected chi connectivity index (χ2v) is 1.40. The van der Waals surface area contributed by atoms with E-state index in [1.165, 1.54) is 0 Å². The van der Waals surface area contributed by atoms with Crippen LogP contribution in [0.5, 0.6) is 0 Å². The monoisotopic (exact) mass is 102 g/mol. The molecule has 37 valence electrons. The summed E-state index contributed by atoms with van der Waals surface area (Å²) < 4.78 is 0. The first-order valence-electron chi connectivity index (χ1n) is 2.29. The number of rotatable bonds is 0. The van der Waals surface area contributed by atoms with Crippen LogP contribution < -0.4 is 0 Å². The van der Waals surface area contributed by atoms with Gasteiger partial charge in [0.2, 0.25) is 0 Å². The fourth-order valence-electron chi connectivity index (χ4n) is 0.461. The van der Waals surface area contributed by atoms with Gasteiger partial charge in [0.15, 0.2) is 0 Å². The average molecular weight is 102 g/mol. The van der Waals surface area contributed by atoms with Gasteiger partial charge in [0, 0.05) is 0 Å². The van der Waals surface area contributed by atoms with E-state index in [-0.39, 0.29) is 0 Å². The summed E-state index contributed by atoms with van der Waals surface area (Å²) in [6.45, 7) is 0. The topological polar surface area (TPSA) is 23.8 Å². The molecule has 0 N–H and O–H groups in total. The molecule has 0 bridgehead atoms. The molecule has 0 spiro atoms. The molecule has 0 amide bonds. The molecule has 1 aromatic rings. The minimum atomic E-state index is 0.684. The summed E-state index contributed by atoms with van der Waals surface area (Å²) in [6.07, 6.45) is 0. The van der Waals surface area contributed by atoms with Crippen LogP contribution in [0.4, 0.5) is 0 Å². The molecule has 0 unspecified atom stereocenters. The van der Waals surface area contributed by atoms with Crippen molar-refractivity contribution in [2.75, 3.05) is 0 Å². The Bertz CT molecular complexity index is 195. The normalized spacial score (nSPS) is 7.88. The lowest BCUT2D eigenvalue weighted by atomic mass is 10.2. The smallest absolute Gasteiger partial charge is 0.0991 e. The van der Waals surface area contributed by atoms with Gasteiger partial charge in [-0.25, -0.2) is 0 Å². The van der Waals surface area contributed by atoms with E-state index in [1.54, 1.807) is 24.3 Å². The number of nitrogens with zero attached hydrogens (tertiary/aromatic N) is 1. The molecule has 0 aliphatic heterocycles. The van der Waals surface area contributed by atoms with E-state index in [0.717, 1.165) is 0 Å². The highest BCUT2D eigenvalue weighted by Crippen LogP contribution is 1.92. The minimum Gasteiger partial charge on any atom is -0.192 e. The summed E-state index contributed by atoms with van der Waals surface area (Å²) in [5, 5.41) is 8.27. The van der Waals surface area contributed by atoms with Gasteiger partial charge >= 0.3 is 0 Å². The third kappa shape index (κ3) is 0.855. The van der Waals surface area contributed by atoms with Crippen LogP contribution in [-0.2, 0) is 0 Å². The van der Waals surface area contributed by atoms with Gasteiger partial charge in [-0.3, -0.25) is 0 Å². The minimum absolute atomic E-state index is 0.684. The van der Waals surface area contributed by atoms with Crippen molar-refractivity contribution in [1.29, 1.82) is 5.26 Å². The standard InChI is InChI=1S/C7H4N/c8-6-7-4-2-1-3-5-7/h2-5H. The Hall–Kier alpha value is -1.29. The third-order valence-corrected chi connectivity index (χ3v) is 0.847. The summed E-state index contributed by atoms with van der Waals surface area (Å²) in [6, 6.07) is 11.7.